The van der Waals surface area contributed by atoms with Crippen LogP contribution in [0.2, 0.25) is 0 Å². The third-order valence-electron chi connectivity index (χ3n) is 9.99. The smallest absolute Gasteiger partial charge is 0.270 e. The Labute approximate surface area is 318 Å². The molecule has 6 rings (SSSR count). The quantitative estimate of drug-likeness (QED) is 0.0973. The number of phenols is 2. The maximum atomic E-state index is 11.1. The van der Waals surface area contributed by atoms with Gasteiger partial charge in [0.05, 0.1) is 45.2 Å². The number of ether oxygens (including phenoxy) is 9. The summed E-state index contributed by atoms with van der Waals surface area (Å²) in [7, 11) is 2.59. The predicted octanol–water partition coefficient (Wildman–Crippen LogP) is -3.70. The van der Waals surface area contributed by atoms with E-state index in [4.69, 9.17) is 42.6 Å². The van der Waals surface area contributed by atoms with E-state index in [1.54, 1.807) is 0 Å². The Balaban J connectivity index is 1.35. The molecule has 4 aliphatic heterocycles. The summed E-state index contributed by atoms with van der Waals surface area (Å²) in [5.74, 6) is -1.07. The molecule has 2 aromatic rings. The normalized spacial score (nSPS) is 38.5. The van der Waals surface area contributed by atoms with E-state index in [0.29, 0.717) is 0 Å². The second-order valence-corrected chi connectivity index (χ2v) is 13.7. The third kappa shape index (κ3) is 8.01. The molecular weight excluding hydrogens is 756 g/mol. The van der Waals surface area contributed by atoms with Gasteiger partial charge in [0, 0.05) is 12.1 Å². The maximum absolute atomic E-state index is 11.1. The van der Waals surface area contributed by atoms with Crippen molar-refractivity contribution in [3.05, 3.63) is 41.2 Å². The first-order valence-corrected chi connectivity index (χ1v) is 17.5. The summed E-state index contributed by atoms with van der Waals surface area (Å²) >= 11 is 0. The molecule has 21 heteroatoms. The molecule has 0 bridgehead atoms. The number of benzene rings is 2. The molecular formula is C35H47O21+. The van der Waals surface area contributed by atoms with Crippen molar-refractivity contribution >= 4 is 6.08 Å². The number of aromatic hydroxyl groups is 3. The van der Waals surface area contributed by atoms with Crippen molar-refractivity contribution in [1.82, 2.24) is 0 Å². The highest BCUT2D eigenvalue weighted by Crippen LogP contribution is 2.49. The van der Waals surface area contributed by atoms with Crippen LogP contribution in [0.3, 0.4) is 0 Å². The predicted molar refractivity (Wildman–Crippen MR) is 182 cm³/mol. The van der Waals surface area contributed by atoms with Crippen molar-refractivity contribution in [2.45, 2.75) is 105 Å². The zero-order valence-electron chi connectivity index (χ0n) is 30.1. The average molecular weight is 804 g/mol. The SMILES string of the molecule is COc1cc(C2[OH+]c3cc(O)cc(OC4OC(CO)C(O)C(O)C4O)c3C=C2OC2OC(COC3OC(C)C(O)C(O)C3O)C(O)C(O)C2O)cc(OC)c1O. The monoisotopic (exact) mass is 803 g/mol. The summed E-state index contributed by atoms with van der Waals surface area (Å²) in [6, 6.07) is 5.17. The van der Waals surface area contributed by atoms with Gasteiger partial charge in [-0.15, -0.1) is 0 Å². The Morgan fingerprint density at radius 1 is 0.625 bits per heavy atom. The highest BCUT2D eigenvalue weighted by Gasteiger charge is 2.49. The number of hydrogen-bond acceptors (Lipinski definition) is 20. The van der Waals surface area contributed by atoms with Crippen LogP contribution in [0.4, 0.5) is 0 Å². The van der Waals surface area contributed by atoms with E-state index in [1.165, 1.54) is 45.4 Å². The Kier molecular flexibility index (Phi) is 12.7. The standard InChI is InChI=1S/C35H46O21/c1-11-22(38)26(42)29(45)33(51-11)50-10-21-25(41)28(44)31(47)35(56-21)54-19-8-14-15(52-32(19)12-4-17(48-2)23(39)18(5-12)49-3)6-13(37)7-16(14)53-34-30(46)27(43)24(40)20(9-36)55-34/h4-8,11,20-22,24-47H,9-10H2,1-3H3/p+1. The highest BCUT2D eigenvalue weighted by atomic mass is 16.7. The van der Waals surface area contributed by atoms with Crippen LogP contribution in [0.1, 0.15) is 24.2 Å². The molecule has 4 heterocycles. The zero-order chi connectivity index (χ0) is 40.7. The van der Waals surface area contributed by atoms with Gasteiger partial charge >= 0.3 is 0 Å². The minimum absolute atomic E-state index is 0.0361. The summed E-state index contributed by atoms with van der Waals surface area (Å²) in [6.45, 7) is 0.108. The Morgan fingerprint density at radius 3 is 1.79 bits per heavy atom. The van der Waals surface area contributed by atoms with E-state index in [9.17, 15) is 61.3 Å². The van der Waals surface area contributed by atoms with Crippen LogP contribution in [-0.2, 0) is 23.7 Å². The number of methoxy groups -OCH3 is 2. The third-order valence-corrected chi connectivity index (χ3v) is 9.99. The minimum atomic E-state index is -1.91. The molecule has 21 nitrogen and oxygen atoms in total. The lowest BCUT2D eigenvalue weighted by molar-refractivity contribution is -0.325. The summed E-state index contributed by atoms with van der Waals surface area (Å²) in [4.78, 5) is 0. The fraction of sp³-hybridized carbons (Fsp3) is 0.600. The van der Waals surface area contributed by atoms with E-state index < -0.39 is 111 Å². The zero-order valence-corrected chi connectivity index (χ0v) is 30.1. The maximum Gasteiger partial charge on any atom is 0.270 e. The molecule has 16 unspecified atom stereocenters. The van der Waals surface area contributed by atoms with Crippen LogP contribution in [0.5, 0.6) is 34.5 Å². The van der Waals surface area contributed by atoms with Gasteiger partial charge in [0.25, 0.3) is 11.9 Å². The highest BCUT2D eigenvalue weighted by molar-refractivity contribution is 5.70. The van der Waals surface area contributed by atoms with Crippen LogP contribution < -0.4 is 14.2 Å². The molecule has 0 spiro atoms. The van der Waals surface area contributed by atoms with Crippen molar-refractivity contribution in [2.24, 2.45) is 0 Å². The number of rotatable bonds is 11. The lowest BCUT2D eigenvalue weighted by Crippen LogP contribution is -2.61. The molecule has 312 valence electrons. The van der Waals surface area contributed by atoms with Gasteiger partial charge in [-0.3, -0.25) is 0 Å². The molecule has 16 atom stereocenters. The van der Waals surface area contributed by atoms with Crippen LogP contribution >= 0.6 is 0 Å². The van der Waals surface area contributed by atoms with Gasteiger partial charge in [-0.25, -0.2) is 0 Å². The van der Waals surface area contributed by atoms with Crippen LogP contribution in [0.15, 0.2) is 30.0 Å². The summed E-state index contributed by atoms with van der Waals surface area (Å²) in [5.41, 5.74) is 0.338. The fourth-order valence-corrected chi connectivity index (χ4v) is 6.70. The molecule has 0 radical (unpaired) electrons. The molecule has 3 saturated heterocycles. The minimum Gasteiger partial charge on any atom is -0.571 e. The Bertz CT molecular complexity index is 1680. The number of phenolic OH excluding ortho intramolecular Hbond substituents is 2. The number of aliphatic hydroxyl groups is 11. The van der Waals surface area contributed by atoms with Gasteiger partial charge in [-0.1, -0.05) is 0 Å². The van der Waals surface area contributed by atoms with E-state index in [0.717, 1.165) is 6.07 Å². The Morgan fingerprint density at radius 2 is 1.18 bits per heavy atom. The van der Waals surface area contributed by atoms with E-state index in [1.807, 2.05) is 0 Å². The first-order chi connectivity index (χ1) is 26.6. The van der Waals surface area contributed by atoms with Gasteiger partial charge in [-0.2, -0.15) is 0 Å². The van der Waals surface area contributed by atoms with Gasteiger partial charge in [0.1, 0.15) is 84.2 Å². The second kappa shape index (κ2) is 17.0. The van der Waals surface area contributed by atoms with Crippen molar-refractivity contribution in [2.75, 3.05) is 27.4 Å². The van der Waals surface area contributed by atoms with Gasteiger partial charge < -0.3 is 104 Å². The average Bonchev–Trinajstić information content (AvgIpc) is 3.18. The summed E-state index contributed by atoms with van der Waals surface area (Å²) < 4.78 is 49.8. The summed E-state index contributed by atoms with van der Waals surface area (Å²) in [6.07, 6.45) is -24.1. The van der Waals surface area contributed by atoms with E-state index >= 15 is 0 Å². The van der Waals surface area contributed by atoms with Gasteiger partial charge in [0.15, 0.2) is 23.5 Å². The number of hydrogen-bond donors (Lipinski definition) is 12. The Hall–Kier alpha value is -3.78. The largest absolute Gasteiger partial charge is 0.571 e. The van der Waals surface area contributed by atoms with Crippen molar-refractivity contribution in [3.63, 3.8) is 0 Å². The van der Waals surface area contributed by atoms with Crippen molar-refractivity contribution in [1.29, 1.82) is 0 Å². The first-order valence-electron chi connectivity index (χ1n) is 17.5. The fourth-order valence-electron chi connectivity index (χ4n) is 6.70. The van der Waals surface area contributed by atoms with Gasteiger partial charge in [-0.05, 0) is 19.1 Å². The van der Waals surface area contributed by atoms with Crippen LogP contribution in [0, 0.1) is 0 Å². The number of fused-ring (bicyclic) bond motifs is 1. The lowest BCUT2D eigenvalue weighted by Gasteiger charge is -2.42. The van der Waals surface area contributed by atoms with Crippen molar-refractivity contribution < 1.29 is 104 Å². The summed E-state index contributed by atoms with van der Waals surface area (Å²) in [5, 5.41) is 126. The molecule has 0 saturated carbocycles. The first kappa shape index (κ1) is 41.8. The van der Waals surface area contributed by atoms with Crippen LogP contribution in [0.25, 0.3) is 6.08 Å². The molecule has 3 fully saturated rings. The molecule has 0 aromatic heterocycles. The molecule has 13 N–H and O–H groups in total. The molecule has 4 aliphatic rings. The molecule has 0 amide bonds. The lowest BCUT2D eigenvalue weighted by atomic mass is 9.98. The van der Waals surface area contributed by atoms with E-state index in [-0.39, 0.29) is 51.4 Å². The molecule has 56 heavy (non-hydrogen) atoms. The van der Waals surface area contributed by atoms with Crippen molar-refractivity contribution in [3.8, 4) is 34.5 Å². The van der Waals surface area contributed by atoms with Crippen LogP contribution in [-0.4, -0.2) is 186 Å². The topological polar surface area (TPSA) is 329 Å². The molecule has 0 aliphatic carbocycles. The van der Waals surface area contributed by atoms with E-state index in [2.05, 4.69) is 0 Å². The molecule has 2 aromatic carbocycles. The second-order valence-electron chi connectivity index (χ2n) is 13.7. The number of aliphatic hydroxyl groups excluding tert-OH is 10. The van der Waals surface area contributed by atoms with Gasteiger partial charge in [0.2, 0.25) is 18.3 Å².